The van der Waals surface area contributed by atoms with E-state index in [1.807, 2.05) is 14.1 Å². The molecule has 0 saturated carbocycles. The summed E-state index contributed by atoms with van der Waals surface area (Å²) in [6.45, 7) is 9.67. The Morgan fingerprint density at radius 3 is 2.57 bits per heavy atom. The lowest BCUT2D eigenvalue weighted by Gasteiger charge is -2.32. The number of carbonyl (C=O) groups excluding carboxylic acids is 1. The lowest BCUT2D eigenvalue weighted by atomic mass is 10.0. The fraction of sp³-hybridized carbons (Fsp3) is 0.938. The van der Waals surface area contributed by atoms with E-state index >= 15 is 0 Å². The van der Waals surface area contributed by atoms with Gasteiger partial charge in [-0.1, -0.05) is 13.8 Å². The van der Waals surface area contributed by atoms with Crippen molar-refractivity contribution in [2.75, 3.05) is 53.5 Å². The van der Waals surface area contributed by atoms with Crippen molar-refractivity contribution in [3.63, 3.8) is 0 Å². The first-order valence-electron chi connectivity index (χ1n) is 8.22. The quantitative estimate of drug-likeness (QED) is 0.650. The van der Waals surface area contributed by atoms with E-state index in [1.165, 1.54) is 0 Å². The van der Waals surface area contributed by atoms with Crippen molar-refractivity contribution in [2.24, 2.45) is 5.92 Å². The van der Waals surface area contributed by atoms with Crippen molar-refractivity contribution in [2.45, 2.75) is 39.2 Å². The molecule has 1 aliphatic heterocycles. The molecule has 1 N–H and O–H groups in total. The van der Waals surface area contributed by atoms with E-state index in [9.17, 15) is 4.79 Å². The predicted octanol–water partition coefficient (Wildman–Crippen LogP) is 1.19. The smallest absolute Gasteiger partial charge is 0.236 e. The number of carbonyl (C=O) groups is 1. The van der Waals surface area contributed by atoms with Crippen molar-refractivity contribution in [1.29, 1.82) is 0 Å². The largest absolute Gasteiger partial charge is 0.381 e. The molecule has 1 aliphatic rings. The molecular formula is C16H33N3O2. The molecular weight excluding hydrogens is 266 g/mol. The highest BCUT2D eigenvalue weighted by molar-refractivity contribution is 5.77. The summed E-state index contributed by atoms with van der Waals surface area (Å²) in [5, 5.41) is 3.60. The minimum atomic E-state index is 0.198. The minimum Gasteiger partial charge on any atom is -0.381 e. The molecule has 0 bridgehead atoms. The Morgan fingerprint density at radius 1 is 1.33 bits per heavy atom. The van der Waals surface area contributed by atoms with Crippen molar-refractivity contribution in [3.8, 4) is 0 Å². The number of likely N-dealkylation sites (tertiary alicyclic amines) is 1. The molecule has 0 atom stereocenters. The van der Waals surface area contributed by atoms with Gasteiger partial charge in [0.1, 0.15) is 0 Å². The van der Waals surface area contributed by atoms with E-state index in [-0.39, 0.29) is 5.91 Å². The standard InChI is InChI=1S/C16H33N3O2/c1-14(2)13-21-11-5-8-17-15-6-9-19(10-7-15)12-16(20)18(3)4/h14-15,17H,5-13H2,1-4H3. The number of amides is 1. The fourth-order valence-electron chi connectivity index (χ4n) is 2.43. The first-order chi connectivity index (χ1) is 9.99. The molecule has 0 aromatic carbocycles. The predicted molar refractivity (Wildman–Crippen MR) is 86.4 cm³/mol. The van der Waals surface area contributed by atoms with Gasteiger partial charge in [-0.3, -0.25) is 9.69 Å². The lowest BCUT2D eigenvalue weighted by Crippen LogP contribution is -2.46. The Bertz CT molecular complexity index is 287. The maximum atomic E-state index is 11.7. The van der Waals surface area contributed by atoms with E-state index < -0.39 is 0 Å². The third-order valence-electron chi connectivity index (χ3n) is 3.79. The molecule has 0 spiro atoms. The number of nitrogens with zero attached hydrogens (tertiary/aromatic N) is 2. The second-order valence-corrected chi connectivity index (χ2v) is 6.62. The van der Waals surface area contributed by atoms with Crippen LogP contribution in [-0.4, -0.2) is 75.2 Å². The molecule has 0 unspecified atom stereocenters. The molecule has 0 aromatic rings. The first kappa shape index (κ1) is 18.4. The molecule has 0 aromatic heterocycles. The van der Waals surface area contributed by atoms with Crippen LogP contribution < -0.4 is 5.32 Å². The highest BCUT2D eigenvalue weighted by Gasteiger charge is 2.20. The van der Waals surface area contributed by atoms with Crippen LogP contribution in [0.2, 0.25) is 0 Å². The van der Waals surface area contributed by atoms with Crippen LogP contribution in [0.25, 0.3) is 0 Å². The van der Waals surface area contributed by atoms with Crippen LogP contribution in [0.5, 0.6) is 0 Å². The van der Waals surface area contributed by atoms with Crippen LogP contribution in [0.4, 0.5) is 0 Å². The molecule has 1 saturated heterocycles. The third kappa shape index (κ3) is 8.39. The maximum Gasteiger partial charge on any atom is 0.236 e. The van der Waals surface area contributed by atoms with Gasteiger partial charge in [0.25, 0.3) is 0 Å². The average molecular weight is 299 g/mol. The van der Waals surface area contributed by atoms with Crippen molar-refractivity contribution < 1.29 is 9.53 Å². The van der Waals surface area contributed by atoms with Crippen LogP contribution in [0.1, 0.15) is 33.1 Å². The molecule has 1 rings (SSSR count). The van der Waals surface area contributed by atoms with Gasteiger partial charge in [-0.2, -0.15) is 0 Å². The van der Waals surface area contributed by atoms with Gasteiger partial charge in [0.15, 0.2) is 0 Å². The number of hydrogen-bond donors (Lipinski definition) is 1. The maximum absolute atomic E-state index is 11.7. The number of hydrogen-bond acceptors (Lipinski definition) is 4. The topological polar surface area (TPSA) is 44.8 Å². The van der Waals surface area contributed by atoms with E-state index in [0.717, 1.165) is 52.1 Å². The third-order valence-corrected chi connectivity index (χ3v) is 3.79. The zero-order valence-electron chi connectivity index (χ0n) is 14.2. The van der Waals surface area contributed by atoms with Crippen molar-refractivity contribution in [1.82, 2.24) is 15.1 Å². The summed E-state index contributed by atoms with van der Waals surface area (Å²) in [6.07, 6.45) is 3.34. The SMILES string of the molecule is CC(C)COCCCNC1CCN(CC(=O)N(C)C)CC1. The Labute approximate surface area is 130 Å². The lowest BCUT2D eigenvalue weighted by molar-refractivity contribution is -0.130. The van der Waals surface area contributed by atoms with Crippen LogP contribution >= 0.6 is 0 Å². The highest BCUT2D eigenvalue weighted by Crippen LogP contribution is 2.10. The second kappa shape index (κ2) is 10.1. The summed E-state index contributed by atoms with van der Waals surface area (Å²) in [5.74, 6) is 0.816. The summed E-state index contributed by atoms with van der Waals surface area (Å²) in [6, 6.07) is 0.598. The van der Waals surface area contributed by atoms with Gasteiger partial charge in [-0.15, -0.1) is 0 Å². The summed E-state index contributed by atoms with van der Waals surface area (Å²) in [4.78, 5) is 15.6. The summed E-state index contributed by atoms with van der Waals surface area (Å²) >= 11 is 0. The zero-order valence-corrected chi connectivity index (χ0v) is 14.2. The van der Waals surface area contributed by atoms with Gasteiger partial charge in [-0.25, -0.2) is 0 Å². The number of ether oxygens (including phenoxy) is 1. The van der Waals surface area contributed by atoms with Crippen molar-refractivity contribution >= 4 is 5.91 Å². The summed E-state index contributed by atoms with van der Waals surface area (Å²) < 4.78 is 5.58. The number of likely N-dealkylation sites (N-methyl/N-ethyl adjacent to an activating group) is 1. The molecule has 0 aliphatic carbocycles. The van der Waals surface area contributed by atoms with Crippen molar-refractivity contribution in [3.05, 3.63) is 0 Å². The van der Waals surface area contributed by atoms with Gasteiger partial charge in [0, 0.05) is 46.4 Å². The molecule has 1 fully saturated rings. The Kier molecular flexibility index (Phi) is 8.88. The van der Waals surface area contributed by atoms with Crippen LogP contribution in [-0.2, 0) is 9.53 Å². The monoisotopic (exact) mass is 299 g/mol. The number of rotatable bonds is 9. The molecule has 124 valence electrons. The van der Waals surface area contributed by atoms with Gasteiger partial charge in [-0.05, 0) is 31.7 Å². The van der Waals surface area contributed by atoms with Gasteiger partial charge in [0.2, 0.25) is 5.91 Å². The molecule has 5 nitrogen and oxygen atoms in total. The van der Waals surface area contributed by atoms with Gasteiger partial charge >= 0.3 is 0 Å². The number of nitrogens with one attached hydrogen (secondary N) is 1. The molecule has 1 heterocycles. The van der Waals surface area contributed by atoms with Gasteiger partial charge in [0.05, 0.1) is 6.54 Å². The summed E-state index contributed by atoms with van der Waals surface area (Å²) in [5.41, 5.74) is 0. The van der Waals surface area contributed by atoms with Crippen LogP contribution in [0.15, 0.2) is 0 Å². The van der Waals surface area contributed by atoms with E-state index in [1.54, 1.807) is 4.90 Å². The molecule has 21 heavy (non-hydrogen) atoms. The van der Waals surface area contributed by atoms with Crippen LogP contribution in [0.3, 0.4) is 0 Å². The zero-order chi connectivity index (χ0) is 15.7. The Hall–Kier alpha value is -0.650. The molecule has 5 heteroatoms. The molecule has 1 amide bonds. The number of piperidine rings is 1. The minimum absolute atomic E-state index is 0.198. The van der Waals surface area contributed by atoms with E-state index in [2.05, 4.69) is 24.1 Å². The normalized spacial score (nSPS) is 17.4. The van der Waals surface area contributed by atoms with E-state index in [4.69, 9.17) is 4.74 Å². The average Bonchev–Trinajstić information content (AvgIpc) is 2.44. The first-order valence-corrected chi connectivity index (χ1v) is 8.22. The Balaban J connectivity index is 2.02. The molecule has 0 radical (unpaired) electrons. The Morgan fingerprint density at radius 2 is 2.00 bits per heavy atom. The van der Waals surface area contributed by atoms with Crippen LogP contribution in [0, 0.1) is 5.92 Å². The highest BCUT2D eigenvalue weighted by atomic mass is 16.5. The van der Waals surface area contributed by atoms with E-state index in [0.29, 0.717) is 18.5 Å². The fourth-order valence-corrected chi connectivity index (χ4v) is 2.43. The summed E-state index contributed by atoms with van der Waals surface area (Å²) in [7, 11) is 3.63. The van der Waals surface area contributed by atoms with Gasteiger partial charge < -0.3 is 15.0 Å². The second-order valence-electron chi connectivity index (χ2n) is 6.62.